The van der Waals surface area contributed by atoms with Crippen LogP contribution in [0.25, 0.3) is 10.9 Å². The number of nitrogens with zero attached hydrogens (tertiary/aromatic N) is 9. The van der Waals surface area contributed by atoms with Crippen LogP contribution in [0.5, 0.6) is 23.0 Å². The molecule has 5 aromatic rings. The Morgan fingerprint density at radius 1 is 0.925 bits per heavy atom. The molecular formula is C47H47F3N10O7. The molecule has 348 valence electrons. The maximum Gasteiger partial charge on any atom is 0.329 e. The molecular weight excluding hydrogens is 874 g/mol. The van der Waals surface area contributed by atoms with Crippen molar-refractivity contribution in [2.45, 2.75) is 50.7 Å². The summed E-state index contributed by atoms with van der Waals surface area (Å²) < 4.78 is 65.8. The van der Waals surface area contributed by atoms with Gasteiger partial charge in [0.25, 0.3) is 17.7 Å². The maximum absolute atomic E-state index is 15.9. The van der Waals surface area contributed by atoms with E-state index in [1.165, 1.54) is 35.0 Å². The lowest BCUT2D eigenvalue weighted by molar-refractivity contribution is -0.129. The number of fused-ring (bicyclic) bond motifs is 2. The molecule has 3 fully saturated rings. The van der Waals surface area contributed by atoms with Crippen molar-refractivity contribution in [2.24, 2.45) is 7.05 Å². The molecule has 0 aliphatic carbocycles. The second-order valence-electron chi connectivity index (χ2n) is 16.8. The summed E-state index contributed by atoms with van der Waals surface area (Å²) in [7, 11) is 3.16. The summed E-state index contributed by atoms with van der Waals surface area (Å²) in [6.07, 6.45) is 1.57. The van der Waals surface area contributed by atoms with Gasteiger partial charge in [-0.05, 0) is 60.9 Å². The number of nitrogens with one attached hydrogen (secondary N) is 1. The van der Waals surface area contributed by atoms with Crippen molar-refractivity contribution < 1.29 is 46.6 Å². The van der Waals surface area contributed by atoms with Crippen LogP contribution in [0.15, 0.2) is 66.9 Å². The number of methoxy groups -OCH3 is 1. The molecule has 3 saturated heterocycles. The number of carbonyl (C=O) groups excluding carboxylic acids is 4. The first kappa shape index (κ1) is 44.9. The highest BCUT2D eigenvalue weighted by molar-refractivity contribution is 6.21. The van der Waals surface area contributed by atoms with E-state index in [-0.39, 0.29) is 55.0 Å². The molecule has 2 atom stereocenters. The van der Waals surface area contributed by atoms with Crippen molar-refractivity contribution in [3.05, 3.63) is 94.9 Å². The summed E-state index contributed by atoms with van der Waals surface area (Å²) in [4.78, 5) is 64.0. The predicted octanol–water partition coefficient (Wildman–Crippen LogP) is 6.04. The number of carbonyl (C=O) groups is 4. The topological polar surface area (TPSA) is 179 Å². The Morgan fingerprint density at radius 3 is 2.39 bits per heavy atom. The van der Waals surface area contributed by atoms with Gasteiger partial charge in [0.2, 0.25) is 5.91 Å². The number of amides is 5. The zero-order valence-electron chi connectivity index (χ0n) is 37.0. The Balaban J connectivity index is 0.793. The second-order valence-corrected chi connectivity index (χ2v) is 16.8. The van der Waals surface area contributed by atoms with Crippen LogP contribution in [0, 0.1) is 17.1 Å². The van der Waals surface area contributed by atoms with Gasteiger partial charge >= 0.3 is 6.03 Å². The van der Waals surface area contributed by atoms with Gasteiger partial charge in [-0.3, -0.25) is 44.0 Å². The van der Waals surface area contributed by atoms with Crippen molar-refractivity contribution in [1.29, 1.82) is 5.26 Å². The molecule has 0 bridgehead atoms. The average molecular weight is 921 g/mol. The number of anilines is 2. The summed E-state index contributed by atoms with van der Waals surface area (Å²) in [5.74, 6) is -3.35. The fourth-order valence-electron chi connectivity index (χ4n) is 9.39. The minimum atomic E-state index is -3.00. The maximum atomic E-state index is 15.9. The number of pyridine rings is 1. The van der Waals surface area contributed by atoms with E-state index in [4.69, 9.17) is 14.2 Å². The molecule has 4 aliphatic heterocycles. The summed E-state index contributed by atoms with van der Waals surface area (Å²) in [6.45, 7) is 4.03. The first-order valence-corrected chi connectivity index (χ1v) is 22.0. The number of piperazine rings is 1. The number of hydrogen-bond acceptors (Lipinski definition) is 13. The van der Waals surface area contributed by atoms with Crippen molar-refractivity contribution in [2.75, 3.05) is 69.3 Å². The zero-order chi connectivity index (χ0) is 47.1. The largest absolute Gasteiger partial charge is 0.493 e. The van der Waals surface area contributed by atoms with Gasteiger partial charge in [-0.2, -0.15) is 10.4 Å². The third-order valence-electron chi connectivity index (χ3n) is 12.7. The molecule has 20 heteroatoms. The van der Waals surface area contributed by atoms with Gasteiger partial charge in [0, 0.05) is 76.9 Å². The number of nitriles is 1. The van der Waals surface area contributed by atoms with Gasteiger partial charge in [-0.1, -0.05) is 18.2 Å². The van der Waals surface area contributed by atoms with E-state index >= 15 is 13.2 Å². The van der Waals surface area contributed by atoms with Crippen LogP contribution < -0.4 is 29.3 Å². The molecule has 2 aromatic heterocycles. The molecule has 9 rings (SSSR count). The van der Waals surface area contributed by atoms with Gasteiger partial charge in [0.1, 0.15) is 11.6 Å². The van der Waals surface area contributed by atoms with Crippen LogP contribution in [0.3, 0.4) is 0 Å². The third-order valence-corrected chi connectivity index (χ3v) is 12.7. The number of rotatable bonds is 13. The molecule has 4 aliphatic rings. The number of aryl methyl sites for hydroxylation is 1. The van der Waals surface area contributed by atoms with E-state index in [0.717, 1.165) is 10.5 Å². The molecule has 0 radical (unpaired) electrons. The summed E-state index contributed by atoms with van der Waals surface area (Å²) in [6, 6.07) is 15.7. The minimum absolute atomic E-state index is 0.0676. The lowest BCUT2D eigenvalue weighted by atomic mass is 9.97. The Morgan fingerprint density at radius 2 is 1.69 bits per heavy atom. The third kappa shape index (κ3) is 8.67. The summed E-state index contributed by atoms with van der Waals surface area (Å²) >= 11 is 0. The number of hydrogen-bond donors (Lipinski definition) is 1. The smallest absolute Gasteiger partial charge is 0.329 e. The van der Waals surface area contributed by atoms with E-state index in [1.54, 1.807) is 60.5 Å². The van der Waals surface area contributed by atoms with Crippen LogP contribution in [-0.2, 0) is 18.4 Å². The van der Waals surface area contributed by atoms with Gasteiger partial charge < -0.3 is 19.1 Å². The van der Waals surface area contributed by atoms with Crippen molar-refractivity contribution >= 4 is 46.3 Å². The molecule has 17 nitrogen and oxygen atoms in total. The van der Waals surface area contributed by atoms with Crippen LogP contribution in [0.2, 0.25) is 0 Å². The number of piperidine rings is 1. The van der Waals surface area contributed by atoms with Gasteiger partial charge in [0.15, 0.2) is 28.9 Å². The number of halogens is 3. The summed E-state index contributed by atoms with van der Waals surface area (Å²) in [5.41, 5.74) is 2.11. The number of urea groups is 1. The SMILES string of the molecule is CCOc1cc([C@@H](CC#N)N2C(=O)c3cnc(N4CCN([C@H]5CCN(Cc6ccc(Oc7cc8c(cc7F)c(N7CCC(=O)NC7=O)nn8C)cc6)CC5(F)F)CC4)cc3C2=O)ccc1OC. The van der Waals surface area contributed by atoms with Gasteiger partial charge in [-0.25, -0.2) is 22.9 Å². The van der Waals surface area contributed by atoms with Gasteiger partial charge in [-0.15, -0.1) is 0 Å². The highest BCUT2D eigenvalue weighted by Crippen LogP contribution is 2.39. The van der Waals surface area contributed by atoms with Crippen LogP contribution in [0.1, 0.15) is 64.1 Å². The zero-order valence-corrected chi connectivity index (χ0v) is 37.0. The van der Waals surface area contributed by atoms with E-state index in [0.29, 0.717) is 78.9 Å². The normalized spacial score (nSPS) is 19.4. The monoisotopic (exact) mass is 920 g/mol. The molecule has 0 spiro atoms. The molecule has 67 heavy (non-hydrogen) atoms. The fourth-order valence-corrected chi connectivity index (χ4v) is 9.39. The number of imide groups is 2. The molecule has 5 amide bonds. The number of alkyl halides is 2. The number of benzene rings is 3. The first-order valence-electron chi connectivity index (χ1n) is 22.0. The van der Waals surface area contributed by atoms with E-state index in [2.05, 4.69) is 21.5 Å². The number of aromatic nitrogens is 3. The fraction of sp³-hybridized carbons (Fsp3) is 0.383. The molecule has 0 unspecified atom stereocenters. The average Bonchev–Trinajstić information content (AvgIpc) is 3.75. The Hall–Kier alpha value is -7.24. The van der Waals surface area contributed by atoms with Crippen LogP contribution in [-0.4, -0.2) is 125 Å². The second kappa shape index (κ2) is 18.2. The van der Waals surface area contributed by atoms with E-state index < -0.39 is 54.1 Å². The minimum Gasteiger partial charge on any atom is -0.493 e. The Bertz CT molecular complexity index is 2810. The van der Waals surface area contributed by atoms with Gasteiger partial charge in [0.05, 0.1) is 61.5 Å². The lowest BCUT2D eigenvalue weighted by Crippen LogP contribution is -2.61. The standard InChI is InChI=1S/C47H47F3N10O7/c1-4-66-39-21-29(7-10-37(39)65-3)35(11-14-51)60-44(62)31-23-41(52-25-33(31)45(60)63)58-19-17-57(18-20-58)40-12-15-56(27-47(40,49)50)26-28-5-8-30(9-6-28)67-38-24-36-32(22-34(38)48)43(54-55(36)2)59-16-13-42(61)53-46(59)64/h5-10,21-25,35,40H,4,11-13,15-20,26-27H2,1-3H3,(H,53,61,64)/t35-,40+/m1/s1. The highest BCUT2D eigenvalue weighted by atomic mass is 19.3. The van der Waals surface area contributed by atoms with Crippen LogP contribution >= 0.6 is 0 Å². The van der Waals surface area contributed by atoms with Crippen molar-refractivity contribution in [3.8, 4) is 29.1 Å². The summed E-state index contributed by atoms with van der Waals surface area (Å²) in [5, 5.41) is 16.7. The molecule has 0 saturated carbocycles. The number of likely N-dealkylation sites (tertiary alicyclic amines) is 1. The van der Waals surface area contributed by atoms with E-state index in [9.17, 15) is 24.4 Å². The van der Waals surface area contributed by atoms with E-state index in [1.807, 2.05) is 16.7 Å². The van der Waals surface area contributed by atoms with Crippen molar-refractivity contribution in [1.82, 2.24) is 34.8 Å². The lowest BCUT2D eigenvalue weighted by Gasteiger charge is -2.46. The Kier molecular flexibility index (Phi) is 12.2. The molecule has 1 N–H and O–H groups in total. The number of ether oxygens (including phenoxy) is 3. The van der Waals surface area contributed by atoms with Crippen LogP contribution in [0.4, 0.5) is 29.6 Å². The quantitative estimate of drug-likeness (QED) is 0.135. The highest BCUT2D eigenvalue weighted by Gasteiger charge is 2.48. The first-order chi connectivity index (χ1) is 32.3. The van der Waals surface area contributed by atoms with Crippen molar-refractivity contribution in [3.63, 3.8) is 0 Å². The predicted molar refractivity (Wildman–Crippen MR) is 237 cm³/mol. The molecule has 6 heterocycles. The Labute approximate surface area is 383 Å². The molecule has 3 aromatic carbocycles.